The largest absolute Gasteiger partial charge is 0.492 e. The lowest BCUT2D eigenvalue weighted by Gasteiger charge is -2.14. The van der Waals surface area contributed by atoms with E-state index >= 15 is 0 Å². The van der Waals surface area contributed by atoms with Crippen molar-refractivity contribution in [3.63, 3.8) is 0 Å². The van der Waals surface area contributed by atoms with Crippen LogP contribution in [-0.2, 0) is 0 Å². The number of aryl methyl sites for hydroxylation is 2. The zero-order chi connectivity index (χ0) is 12.3. The summed E-state index contributed by atoms with van der Waals surface area (Å²) in [5, 5.41) is 0. The summed E-state index contributed by atoms with van der Waals surface area (Å²) in [6.45, 7) is 8.58. The van der Waals surface area contributed by atoms with Crippen molar-refractivity contribution in [3.05, 3.63) is 28.8 Å². The minimum Gasteiger partial charge on any atom is -0.492 e. The van der Waals surface area contributed by atoms with Crippen LogP contribution in [0.2, 0.25) is 0 Å². The molecule has 0 saturated heterocycles. The molecule has 1 rings (SSSR count). The Balaban J connectivity index is 3.09. The molecular weight excluding hydrogens is 202 g/mol. The summed E-state index contributed by atoms with van der Waals surface area (Å²) in [5.41, 5.74) is 7.78. The fourth-order valence-electron chi connectivity index (χ4n) is 1.58. The third kappa shape index (κ3) is 2.99. The Labute approximate surface area is 96.6 Å². The normalized spacial score (nSPS) is 10.6. The number of carbonyl (C=O) groups excluding carboxylic acids is 1. The first-order chi connectivity index (χ1) is 7.41. The molecule has 0 atom stereocenters. The van der Waals surface area contributed by atoms with E-state index in [0.29, 0.717) is 23.8 Å². The zero-order valence-electron chi connectivity index (χ0n) is 10.3. The van der Waals surface area contributed by atoms with E-state index in [1.165, 1.54) is 0 Å². The Morgan fingerprint density at radius 1 is 1.38 bits per heavy atom. The number of ether oxygens (including phenoxy) is 1. The highest BCUT2D eigenvalue weighted by atomic mass is 16.5. The third-order valence-corrected chi connectivity index (χ3v) is 2.25. The van der Waals surface area contributed by atoms with Gasteiger partial charge in [-0.15, -0.1) is 0 Å². The van der Waals surface area contributed by atoms with E-state index in [-0.39, 0.29) is 0 Å². The number of primary amides is 1. The molecule has 1 amide bonds. The number of rotatable bonds is 4. The van der Waals surface area contributed by atoms with Crippen molar-refractivity contribution < 1.29 is 9.53 Å². The van der Waals surface area contributed by atoms with Crippen LogP contribution < -0.4 is 10.5 Å². The van der Waals surface area contributed by atoms with Crippen LogP contribution in [0.5, 0.6) is 5.75 Å². The number of carbonyl (C=O) groups is 1. The average molecular weight is 221 g/mol. The van der Waals surface area contributed by atoms with Gasteiger partial charge in [-0.25, -0.2) is 0 Å². The third-order valence-electron chi connectivity index (χ3n) is 2.25. The van der Waals surface area contributed by atoms with E-state index in [1.807, 2.05) is 19.9 Å². The maximum atomic E-state index is 11.3. The summed E-state index contributed by atoms with van der Waals surface area (Å²) in [5.74, 6) is 0.596. The fraction of sp³-hybridized carbons (Fsp3) is 0.462. The lowest BCUT2D eigenvalue weighted by atomic mass is 10.1. The molecule has 3 nitrogen and oxygen atoms in total. The second kappa shape index (κ2) is 5.01. The van der Waals surface area contributed by atoms with Crippen LogP contribution in [0.3, 0.4) is 0 Å². The molecule has 0 aliphatic heterocycles. The molecule has 0 fully saturated rings. The van der Waals surface area contributed by atoms with Crippen molar-refractivity contribution >= 4 is 5.91 Å². The Morgan fingerprint density at radius 2 is 2.00 bits per heavy atom. The van der Waals surface area contributed by atoms with Crippen LogP contribution in [0.4, 0.5) is 0 Å². The van der Waals surface area contributed by atoms with Crippen LogP contribution in [0, 0.1) is 19.8 Å². The van der Waals surface area contributed by atoms with E-state index in [9.17, 15) is 4.79 Å². The highest BCUT2D eigenvalue weighted by Crippen LogP contribution is 2.25. The van der Waals surface area contributed by atoms with Gasteiger partial charge >= 0.3 is 0 Å². The maximum Gasteiger partial charge on any atom is 0.252 e. The highest BCUT2D eigenvalue weighted by molar-refractivity contribution is 5.96. The molecule has 3 heteroatoms. The summed E-state index contributed by atoms with van der Waals surface area (Å²) in [4.78, 5) is 11.3. The van der Waals surface area contributed by atoms with Crippen LogP contribution in [0.1, 0.15) is 35.3 Å². The van der Waals surface area contributed by atoms with Gasteiger partial charge in [-0.3, -0.25) is 4.79 Å². The zero-order valence-corrected chi connectivity index (χ0v) is 10.3. The van der Waals surface area contributed by atoms with Crippen molar-refractivity contribution in [1.82, 2.24) is 0 Å². The number of nitrogens with two attached hydrogens (primary N) is 1. The van der Waals surface area contributed by atoms with E-state index in [4.69, 9.17) is 10.5 Å². The first kappa shape index (κ1) is 12.6. The summed E-state index contributed by atoms with van der Waals surface area (Å²) in [7, 11) is 0. The summed E-state index contributed by atoms with van der Waals surface area (Å²) < 4.78 is 5.64. The molecule has 0 spiro atoms. The summed E-state index contributed by atoms with van der Waals surface area (Å²) >= 11 is 0. The maximum absolute atomic E-state index is 11.3. The van der Waals surface area contributed by atoms with E-state index in [0.717, 1.165) is 11.1 Å². The molecule has 0 radical (unpaired) electrons. The summed E-state index contributed by atoms with van der Waals surface area (Å²) in [6, 6.07) is 3.76. The SMILES string of the molecule is Cc1cc(C)c(OCC(C)C)c(C(N)=O)c1. The van der Waals surface area contributed by atoms with Crippen molar-refractivity contribution in [3.8, 4) is 5.75 Å². The standard InChI is InChI=1S/C13H19NO2/c1-8(2)7-16-12-10(4)5-9(3)6-11(12)13(14)15/h5-6,8H,7H2,1-4H3,(H2,14,15). The van der Waals surface area contributed by atoms with E-state index in [2.05, 4.69) is 13.8 Å². The Morgan fingerprint density at radius 3 is 2.50 bits per heavy atom. The second-order valence-electron chi connectivity index (χ2n) is 4.53. The number of benzene rings is 1. The van der Waals surface area contributed by atoms with Crippen molar-refractivity contribution in [2.24, 2.45) is 11.7 Å². The predicted octanol–water partition coefficient (Wildman–Crippen LogP) is 2.44. The topological polar surface area (TPSA) is 52.3 Å². The molecule has 16 heavy (non-hydrogen) atoms. The van der Waals surface area contributed by atoms with Gasteiger partial charge in [0.15, 0.2) is 0 Å². The monoisotopic (exact) mass is 221 g/mol. The van der Waals surface area contributed by atoms with Crippen LogP contribution >= 0.6 is 0 Å². The smallest absolute Gasteiger partial charge is 0.252 e. The molecule has 1 aromatic rings. The molecule has 0 aliphatic rings. The molecule has 2 N–H and O–H groups in total. The van der Waals surface area contributed by atoms with Gasteiger partial charge in [0, 0.05) is 0 Å². The van der Waals surface area contributed by atoms with Gasteiger partial charge in [0.2, 0.25) is 0 Å². The lowest BCUT2D eigenvalue weighted by Crippen LogP contribution is -2.15. The first-order valence-corrected chi connectivity index (χ1v) is 5.45. The van der Waals surface area contributed by atoms with Gasteiger partial charge in [0.05, 0.1) is 12.2 Å². The molecule has 0 bridgehead atoms. The molecule has 0 heterocycles. The van der Waals surface area contributed by atoms with Crippen molar-refractivity contribution in [2.45, 2.75) is 27.7 Å². The van der Waals surface area contributed by atoms with Gasteiger partial charge in [-0.2, -0.15) is 0 Å². The molecule has 0 unspecified atom stereocenters. The highest BCUT2D eigenvalue weighted by Gasteiger charge is 2.13. The number of amides is 1. The van der Waals surface area contributed by atoms with Gasteiger partial charge in [-0.05, 0) is 37.0 Å². The number of hydrogen-bond donors (Lipinski definition) is 1. The van der Waals surface area contributed by atoms with Gasteiger partial charge in [-0.1, -0.05) is 19.9 Å². The Bertz CT molecular complexity index is 397. The Hall–Kier alpha value is -1.51. The minimum absolute atomic E-state index is 0.418. The molecule has 0 aliphatic carbocycles. The molecule has 1 aromatic carbocycles. The molecule has 0 aromatic heterocycles. The quantitative estimate of drug-likeness (QED) is 0.849. The predicted molar refractivity (Wildman–Crippen MR) is 64.8 cm³/mol. The van der Waals surface area contributed by atoms with Gasteiger partial charge in [0.1, 0.15) is 5.75 Å². The minimum atomic E-state index is -0.439. The average Bonchev–Trinajstić information content (AvgIpc) is 2.14. The van der Waals surface area contributed by atoms with Crippen molar-refractivity contribution in [1.29, 1.82) is 0 Å². The van der Waals surface area contributed by atoms with Crippen LogP contribution in [0.25, 0.3) is 0 Å². The number of hydrogen-bond acceptors (Lipinski definition) is 2. The van der Waals surface area contributed by atoms with Crippen LogP contribution in [-0.4, -0.2) is 12.5 Å². The molecular formula is C13H19NO2. The van der Waals surface area contributed by atoms with Gasteiger partial charge in [0.25, 0.3) is 5.91 Å². The summed E-state index contributed by atoms with van der Waals surface area (Å²) in [6.07, 6.45) is 0. The van der Waals surface area contributed by atoms with Crippen LogP contribution in [0.15, 0.2) is 12.1 Å². The Kier molecular flexibility index (Phi) is 3.93. The van der Waals surface area contributed by atoms with Crippen molar-refractivity contribution in [2.75, 3.05) is 6.61 Å². The first-order valence-electron chi connectivity index (χ1n) is 5.45. The molecule has 88 valence electrons. The molecule has 0 saturated carbocycles. The second-order valence-corrected chi connectivity index (χ2v) is 4.53. The van der Waals surface area contributed by atoms with Gasteiger partial charge < -0.3 is 10.5 Å². The van der Waals surface area contributed by atoms with E-state index < -0.39 is 5.91 Å². The van der Waals surface area contributed by atoms with E-state index in [1.54, 1.807) is 6.07 Å². The lowest BCUT2D eigenvalue weighted by molar-refractivity contribution is 0.0995. The fourth-order valence-corrected chi connectivity index (χ4v) is 1.58.